The second-order valence-electron chi connectivity index (χ2n) is 5.40. The molecule has 3 heterocycles. The van der Waals surface area contributed by atoms with Gasteiger partial charge in [0.15, 0.2) is 5.82 Å². The highest BCUT2D eigenvalue weighted by molar-refractivity contribution is 7.11. The number of hydrogen-bond donors (Lipinski definition) is 2. The molecule has 2 saturated heterocycles. The standard InChI is InChI=1S/C13H20N4O2S/c1-19-13(18)10-11(14)16-20-12(10)15-8-5-7-17-6-3-2-4-9(8)17/h8-9,15H,2-7H2,1H3,(H2,14,16). The molecule has 0 saturated carbocycles. The highest BCUT2D eigenvalue weighted by Crippen LogP contribution is 2.33. The van der Waals surface area contributed by atoms with E-state index >= 15 is 0 Å². The molecule has 0 amide bonds. The zero-order chi connectivity index (χ0) is 14.1. The van der Waals surface area contributed by atoms with Gasteiger partial charge in [-0.1, -0.05) is 6.42 Å². The molecular weight excluding hydrogens is 276 g/mol. The average molecular weight is 296 g/mol. The Morgan fingerprint density at radius 2 is 2.30 bits per heavy atom. The number of hydrogen-bond acceptors (Lipinski definition) is 7. The molecule has 20 heavy (non-hydrogen) atoms. The second-order valence-corrected chi connectivity index (χ2v) is 6.18. The lowest BCUT2D eigenvalue weighted by Gasteiger charge is -2.32. The number of rotatable bonds is 3. The Kier molecular flexibility index (Phi) is 3.80. The van der Waals surface area contributed by atoms with Gasteiger partial charge >= 0.3 is 5.97 Å². The summed E-state index contributed by atoms with van der Waals surface area (Å²) >= 11 is 1.24. The van der Waals surface area contributed by atoms with Gasteiger partial charge in [-0.2, -0.15) is 4.37 Å². The summed E-state index contributed by atoms with van der Waals surface area (Å²) in [6.07, 6.45) is 4.90. The van der Waals surface area contributed by atoms with Gasteiger partial charge in [-0.15, -0.1) is 0 Å². The fourth-order valence-corrected chi connectivity index (χ4v) is 4.05. The number of anilines is 2. The van der Waals surface area contributed by atoms with Crippen molar-refractivity contribution in [2.75, 3.05) is 31.2 Å². The molecule has 6 nitrogen and oxygen atoms in total. The van der Waals surface area contributed by atoms with Crippen LogP contribution in [0.4, 0.5) is 10.8 Å². The molecule has 2 unspecified atom stereocenters. The molecule has 0 aliphatic carbocycles. The summed E-state index contributed by atoms with van der Waals surface area (Å²) in [6.45, 7) is 2.32. The Hall–Kier alpha value is -1.34. The molecule has 2 fully saturated rings. The van der Waals surface area contributed by atoms with Gasteiger partial charge in [0.1, 0.15) is 10.6 Å². The minimum Gasteiger partial charge on any atom is -0.465 e. The minimum absolute atomic E-state index is 0.253. The van der Waals surface area contributed by atoms with Crippen LogP contribution >= 0.6 is 11.5 Å². The Labute approximate surface area is 122 Å². The van der Waals surface area contributed by atoms with E-state index in [1.807, 2.05) is 0 Å². The Morgan fingerprint density at radius 3 is 3.10 bits per heavy atom. The molecule has 7 heteroatoms. The first-order chi connectivity index (χ1) is 9.70. The average Bonchev–Trinajstić information content (AvgIpc) is 3.03. The number of nitrogen functional groups attached to an aromatic ring is 1. The van der Waals surface area contributed by atoms with E-state index in [4.69, 9.17) is 10.5 Å². The van der Waals surface area contributed by atoms with Crippen LogP contribution in [0.15, 0.2) is 0 Å². The van der Waals surface area contributed by atoms with Crippen molar-refractivity contribution in [1.82, 2.24) is 9.27 Å². The van der Waals surface area contributed by atoms with Crippen molar-refractivity contribution in [3.05, 3.63) is 5.56 Å². The van der Waals surface area contributed by atoms with E-state index in [9.17, 15) is 4.79 Å². The summed E-state index contributed by atoms with van der Waals surface area (Å²) in [5.74, 6) is -0.167. The van der Waals surface area contributed by atoms with Crippen LogP contribution < -0.4 is 11.1 Å². The maximum Gasteiger partial charge on any atom is 0.344 e. The van der Waals surface area contributed by atoms with Crippen molar-refractivity contribution in [3.8, 4) is 0 Å². The summed E-state index contributed by atoms with van der Waals surface area (Å²) in [5, 5.41) is 4.22. The Balaban J connectivity index is 1.76. The number of nitrogens with two attached hydrogens (primary N) is 1. The molecule has 0 bridgehead atoms. The summed E-state index contributed by atoms with van der Waals surface area (Å²) in [4.78, 5) is 14.3. The van der Waals surface area contributed by atoms with Crippen molar-refractivity contribution in [2.45, 2.75) is 37.8 Å². The van der Waals surface area contributed by atoms with Crippen LogP contribution in [0.25, 0.3) is 0 Å². The first-order valence-corrected chi connectivity index (χ1v) is 7.82. The van der Waals surface area contributed by atoms with Crippen LogP contribution in [0.2, 0.25) is 0 Å². The largest absolute Gasteiger partial charge is 0.465 e. The van der Waals surface area contributed by atoms with Crippen LogP contribution in [0.1, 0.15) is 36.0 Å². The first-order valence-electron chi connectivity index (χ1n) is 7.04. The van der Waals surface area contributed by atoms with Gasteiger partial charge < -0.3 is 15.8 Å². The molecule has 2 atom stereocenters. The number of nitrogens with zero attached hydrogens (tertiary/aromatic N) is 2. The molecular formula is C13H20N4O2S. The van der Waals surface area contributed by atoms with E-state index in [0.717, 1.165) is 18.0 Å². The van der Waals surface area contributed by atoms with E-state index in [-0.39, 0.29) is 5.82 Å². The summed E-state index contributed by atoms with van der Waals surface area (Å²) in [5.41, 5.74) is 6.15. The van der Waals surface area contributed by atoms with Gasteiger partial charge in [-0.25, -0.2) is 4.79 Å². The number of aromatic nitrogens is 1. The zero-order valence-electron chi connectivity index (χ0n) is 11.6. The summed E-state index contributed by atoms with van der Waals surface area (Å²) in [6, 6.07) is 0.941. The summed E-state index contributed by atoms with van der Waals surface area (Å²) < 4.78 is 8.86. The highest BCUT2D eigenvalue weighted by atomic mass is 32.1. The first kappa shape index (κ1) is 13.6. The van der Waals surface area contributed by atoms with Crippen molar-refractivity contribution in [1.29, 1.82) is 0 Å². The molecule has 1 aromatic heterocycles. The highest BCUT2D eigenvalue weighted by Gasteiger charge is 2.36. The SMILES string of the molecule is COC(=O)c1c(N)nsc1NC1CCN2CCCCC12. The maximum atomic E-state index is 11.8. The lowest BCUT2D eigenvalue weighted by atomic mass is 9.99. The maximum absolute atomic E-state index is 11.8. The molecule has 2 aliphatic heterocycles. The number of methoxy groups -OCH3 is 1. The van der Waals surface area contributed by atoms with Crippen LogP contribution in [-0.4, -0.2) is 47.5 Å². The van der Waals surface area contributed by atoms with Gasteiger partial charge in [0, 0.05) is 18.6 Å². The fraction of sp³-hybridized carbons (Fsp3) is 0.692. The van der Waals surface area contributed by atoms with Crippen LogP contribution in [0, 0.1) is 0 Å². The van der Waals surface area contributed by atoms with Crippen LogP contribution in [-0.2, 0) is 4.74 Å². The van der Waals surface area contributed by atoms with E-state index in [1.54, 1.807) is 0 Å². The number of carbonyl (C=O) groups excluding carboxylic acids is 1. The summed E-state index contributed by atoms with van der Waals surface area (Å²) in [7, 11) is 1.36. The van der Waals surface area contributed by atoms with Gasteiger partial charge in [-0.3, -0.25) is 4.90 Å². The number of fused-ring (bicyclic) bond motifs is 1. The normalized spacial score (nSPS) is 26.2. The molecule has 110 valence electrons. The quantitative estimate of drug-likeness (QED) is 0.824. The van der Waals surface area contributed by atoms with Crippen molar-refractivity contribution in [2.24, 2.45) is 0 Å². The second kappa shape index (κ2) is 5.57. The minimum atomic E-state index is -0.419. The van der Waals surface area contributed by atoms with Gasteiger partial charge in [0.05, 0.1) is 7.11 Å². The molecule has 0 radical (unpaired) electrons. The Morgan fingerprint density at radius 1 is 1.45 bits per heavy atom. The van der Waals surface area contributed by atoms with E-state index < -0.39 is 5.97 Å². The van der Waals surface area contributed by atoms with E-state index in [0.29, 0.717) is 17.6 Å². The monoisotopic (exact) mass is 296 g/mol. The third kappa shape index (κ3) is 2.35. The van der Waals surface area contributed by atoms with Crippen molar-refractivity contribution in [3.63, 3.8) is 0 Å². The van der Waals surface area contributed by atoms with Crippen molar-refractivity contribution >= 4 is 28.3 Å². The van der Waals surface area contributed by atoms with Gasteiger partial charge in [0.2, 0.25) is 0 Å². The fourth-order valence-electron chi connectivity index (χ4n) is 3.28. The topological polar surface area (TPSA) is 80.5 Å². The van der Waals surface area contributed by atoms with E-state index in [1.165, 1.54) is 44.4 Å². The van der Waals surface area contributed by atoms with Gasteiger partial charge in [0.25, 0.3) is 0 Å². The number of carbonyl (C=O) groups is 1. The van der Waals surface area contributed by atoms with Crippen LogP contribution in [0.3, 0.4) is 0 Å². The molecule has 0 spiro atoms. The molecule has 1 aromatic rings. The van der Waals surface area contributed by atoms with E-state index in [2.05, 4.69) is 14.6 Å². The number of piperidine rings is 1. The van der Waals surface area contributed by atoms with Crippen LogP contribution in [0.5, 0.6) is 0 Å². The number of nitrogens with one attached hydrogen (secondary N) is 1. The molecule has 0 aromatic carbocycles. The smallest absolute Gasteiger partial charge is 0.344 e. The lowest BCUT2D eigenvalue weighted by molar-refractivity contribution is 0.0603. The number of ether oxygens (including phenoxy) is 1. The van der Waals surface area contributed by atoms with Crippen molar-refractivity contribution < 1.29 is 9.53 Å². The lowest BCUT2D eigenvalue weighted by Crippen LogP contribution is -2.41. The molecule has 2 aliphatic rings. The zero-order valence-corrected chi connectivity index (χ0v) is 12.4. The number of esters is 1. The molecule has 3 N–H and O–H groups in total. The van der Waals surface area contributed by atoms with Gasteiger partial charge in [-0.05, 0) is 37.3 Å². The third-order valence-corrected chi connectivity index (χ3v) is 5.07. The predicted octanol–water partition coefficient (Wildman–Crippen LogP) is 1.55. The molecule has 3 rings (SSSR count). The predicted molar refractivity (Wildman–Crippen MR) is 79.1 cm³/mol. The third-order valence-electron chi connectivity index (χ3n) is 4.28. The Bertz CT molecular complexity index is 505.